The zero-order valence-corrected chi connectivity index (χ0v) is 13.0. The summed E-state index contributed by atoms with van der Waals surface area (Å²) >= 11 is 0. The Morgan fingerprint density at radius 1 is 1.38 bits per heavy atom. The molecule has 4 nitrogen and oxygen atoms in total. The number of benzene rings is 1. The summed E-state index contributed by atoms with van der Waals surface area (Å²) in [6, 6.07) is 5.01. The largest absolute Gasteiger partial charge is 0.493 e. The standard InChI is InChI=1S/C16H22FN3O/c1-5-18-15(12-8-7-11(3)9-13(12)17)16-14(21-4)10-19-20(16)6-2/h7-10,15,18H,5-6H2,1-4H3. The zero-order valence-electron chi connectivity index (χ0n) is 13.0. The summed E-state index contributed by atoms with van der Waals surface area (Å²) in [7, 11) is 1.61. The maximum absolute atomic E-state index is 14.4. The van der Waals surface area contributed by atoms with Gasteiger partial charge in [-0.15, -0.1) is 0 Å². The number of hydrogen-bond acceptors (Lipinski definition) is 3. The number of aromatic nitrogens is 2. The van der Waals surface area contributed by atoms with E-state index >= 15 is 0 Å². The van der Waals surface area contributed by atoms with Crippen molar-refractivity contribution in [3.8, 4) is 5.75 Å². The maximum Gasteiger partial charge on any atom is 0.161 e. The number of halogens is 1. The normalized spacial score (nSPS) is 12.4. The number of aryl methyl sites for hydroxylation is 2. The summed E-state index contributed by atoms with van der Waals surface area (Å²) in [4.78, 5) is 0. The van der Waals surface area contributed by atoms with Crippen LogP contribution in [-0.2, 0) is 6.54 Å². The molecule has 0 fully saturated rings. The van der Waals surface area contributed by atoms with Crippen molar-refractivity contribution in [3.63, 3.8) is 0 Å². The van der Waals surface area contributed by atoms with E-state index in [4.69, 9.17) is 4.74 Å². The van der Waals surface area contributed by atoms with Crippen LogP contribution in [0.25, 0.3) is 0 Å². The average Bonchev–Trinajstić information content (AvgIpc) is 2.88. The van der Waals surface area contributed by atoms with Crippen LogP contribution in [0.5, 0.6) is 5.75 Å². The molecule has 2 rings (SSSR count). The second-order valence-corrected chi connectivity index (χ2v) is 4.93. The van der Waals surface area contributed by atoms with E-state index in [1.165, 1.54) is 0 Å². The van der Waals surface area contributed by atoms with Crippen LogP contribution in [0.1, 0.15) is 36.7 Å². The quantitative estimate of drug-likeness (QED) is 0.889. The highest BCUT2D eigenvalue weighted by molar-refractivity contribution is 5.38. The van der Waals surface area contributed by atoms with Gasteiger partial charge in [-0.3, -0.25) is 4.68 Å². The van der Waals surface area contributed by atoms with Gasteiger partial charge in [-0.2, -0.15) is 5.10 Å². The van der Waals surface area contributed by atoms with Gasteiger partial charge in [0.2, 0.25) is 0 Å². The molecule has 114 valence electrons. The van der Waals surface area contributed by atoms with Gasteiger partial charge in [-0.25, -0.2) is 4.39 Å². The lowest BCUT2D eigenvalue weighted by Gasteiger charge is -2.21. The van der Waals surface area contributed by atoms with E-state index in [-0.39, 0.29) is 11.9 Å². The maximum atomic E-state index is 14.4. The van der Waals surface area contributed by atoms with Gasteiger partial charge in [0.05, 0.1) is 19.3 Å². The van der Waals surface area contributed by atoms with Crippen molar-refractivity contribution < 1.29 is 9.13 Å². The molecule has 0 bridgehead atoms. The Hall–Kier alpha value is -1.88. The molecule has 0 aliphatic carbocycles. The molecular weight excluding hydrogens is 269 g/mol. The van der Waals surface area contributed by atoms with Gasteiger partial charge in [-0.05, 0) is 32.0 Å². The van der Waals surface area contributed by atoms with Crippen molar-refractivity contribution in [2.75, 3.05) is 13.7 Å². The molecule has 5 heteroatoms. The third-order valence-electron chi connectivity index (χ3n) is 3.51. The summed E-state index contributed by atoms with van der Waals surface area (Å²) in [6.07, 6.45) is 1.68. The molecule has 1 aromatic heterocycles. The molecule has 1 atom stereocenters. The van der Waals surface area contributed by atoms with Gasteiger partial charge in [-0.1, -0.05) is 19.1 Å². The number of ether oxygens (including phenoxy) is 1. The summed E-state index contributed by atoms with van der Waals surface area (Å²) in [5, 5.41) is 7.64. The van der Waals surface area contributed by atoms with Crippen LogP contribution in [0.15, 0.2) is 24.4 Å². The SMILES string of the molecule is CCNC(c1ccc(C)cc1F)c1c(OC)cnn1CC. The van der Waals surface area contributed by atoms with Gasteiger partial charge in [0, 0.05) is 12.1 Å². The predicted molar refractivity (Wildman–Crippen MR) is 81.1 cm³/mol. The molecule has 0 aliphatic heterocycles. The van der Waals surface area contributed by atoms with Gasteiger partial charge < -0.3 is 10.1 Å². The fourth-order valence-electron chi connectivity index (χ4n) is 2.50. The number of nitrogens with zero attached hydrogens (tertiary/aromatic N) is 2. The van der Waals surface area contributed by atoms with E-state index < -0.39 is 0 Å². The molecule has 0 amide bonds. The van der Waals surface area contributed by atoms with Crippen molar-refractivity contribution in [2.45, 2.75) is 33.4 Å². The van der Waals surface area contributed by atoms with E-state index in [0.717, 1.165) is 17.8 Å². The van der Waals surface area contributed by atoms with Crippen molar-refractivity contribution in [2.24, 2.45) is 0 Å². The Labute approximate surface area is 124 Å². The number of hydrogen-bond donors (Lipinski definition) is 1. The molecule has 2 aromatic rings. The van der Waals surface area contributed by atoms with Gasteiger partial charge in [0.15, 0.2) is 5.75 Å². The lowest BCUT2D eigenvalue weighted by molar-refractivity contribution is 0.398. The minimum atomic E-state index is -0.284. The lowest BCUT2D eigenvalue weighted by atomic mass is 10.0. The molecule has 21 heavy (non-hydrogen) atoms. The van der Waals surface area contributed by atoms with Crippen LogP contribution < -0.4 is 10.1 Å². The van der Waals surface area contributed by atoms with Crippen molar-refractivity contribution in [1.82, 2.24) is 15.1 Å². The molecule has 1 N–H and O–H groups in total. The molecule has 1 heterocycles. The number of methoxy groups -OCH3 is 1. The van der Waals surface area contributed by atoms with Crippen LogP contribution in [0.4, 0.5) is 4.39 Å². The Morgan fingerprint density at radius 3 is 2.71 bits per heavy atom. The van der Waals surface area contributed by atoms with Crippen LogP contribution in [-0.4, -0.2) is 23.4 Å². The van der Waals surface area contributed by atoms with E-state index in [2.05, 4.69) is 10.4 Å². The molecule has 0 saturated heterocycles. The van der Waals surface area contributed by atoms with E-state index in [1.807, 2.05) is 37.6 Å². The lowest BCUT2D eigenvalue weighted by Crippen LogP contribution is -2.26. The van der Waals surface area contributed by atoms with Gasteiger partial charge >= 0.3 is 0 Å². The first-order valence-electron chi connectivity index (χ1n) is 7.21. The summed E-state index contributed by atoms with van der Waals surface area (Å²) in [6.45, 7) is 7.30. The Balaban J connectivity index is 2.55. The second-order valence-electron chi connectivity index (χ2n) is 4.93. The van der Waals surface area contributed by atoms with Gasteiger partial charge in [0.25, 0.3) is 0 Å². The van der Waals surface area contributed by atoms with Crippen LogP contribution in [0.3, 0.4) is 0 Å². The topological polar surface area (TPSA) is 39.1 Å². The first-order chi connectivity index (χ1) is 10.1. The van der Waals surface area contributed by atoms with Crippen molar-refractivity contribution in [3.05, 3.63) is 47.0 Å². The summed E-state index contributed by atoms with van der Waals surface area (Å²) in [5.74, 6) is 0.453. The van der Waals surface area contributed by atoms with E-state index in [9.17, 15) is 4.39 Å². The third kappa shape index (κ3) is 3.08. The smallest absolute Gasteiger partial charge is 0.161 e. The van der Waals surface area contributed by atoms with Crippen molar-refractivity contribution in [1.29, 1.82) is 0 Å². The highest BCUT2D eigenvalue weighted by Crippen LogP contribution is 2.31. The second kappa shape index (κ2) is 6.72. The van der Waals surface area contributed by atoms with Crippen LogP contribution in [0, 0.1) is 12.7 Å². The third-order valence-corrected chi connectivity index (χ3v) is 3.51. The first kappa shape index (κ1) is 15.5. The predicted octanol–water partition coefficient (Wildman–Crippen LogP) is 3.06. The van der Waals surface area contributed by atoms with Crippen molar-refractivity contribution >= 4 is 0 Å². The molecule has 0 saturated carbocycles. The first-order valence-corrected chi connectivity index (χ1v) is 7.21. The Bertz CT molecular complexity index is 588. The molecular formula is C16H22FN3O. The molecule has 0 aliphatic rings. The molecule has 1 unspecified atom stereocenters. The number of rotatable bonds is 6. The Morgan fingerprint density at radius 2 is 2.14 bits per heavy atom. The highest BCUT2D eigenvalue weighted by atomic mass is 19.1. The highest BCUT2D eigenvalue weighted by Gasteiger charge is 2.24. The Kier molecular flexibility index (Phi) is 4.96. The average molecular weight is 291 g/mol. The van der Waals surface area contributed by atoms with Gasteiger partial charge in [0.1, 0.15) is 11.5 Å². The fraction of sp³-hybridized carbons (Fsp3) is 0.438. The van der Waals surface area contributed by atoms with Crippen LogP contribution in [0.2, 0.25) is 0 Å². The van der Waals surface area contributed by atoms with E-state index in [0.29, 0.717) is 17.9 Å². The van der Waals surface area contributed by atoms with E-state index in [1.54, 1.807) is 19.4 Å². The zero-order chi connectivity index (χ0) is 15.4. The number of nitrogens with one attached hydrogen (secondary N) is 1. The van der Waals surface area contributed by atoms with Crippen LogP contribution >= 0.6 is 0 Å². The molecule has 0 radical (unpaired) electrons. The summed E-state index contributed by atoms with van der Waals surface area (Å²) in [5.41, 5.74) is 2.36. The molecule has 0 spiro atoms. The minimum absolute atomic E-state index is 0.216. The minimum Gasteiger partial charge on any atom is -0.493 e. The monoisotopic (exact) mass is 291 g/mol. The summed E-state index contributed by atoms with van der Waals surface area (Å²) < 4.78 is 21.6. The fourth-order valence-corrected chi connectivity index (χ4v) is 2.50. The molecule has 1 aromatic carbocycles.